The summed E-state index contributed by atoms with van der Waals surface area (Å²) >= 11 is 0. The van der Waals surface area contributed by atoms with Gasteiger partial charge < -0.3 is 5.73 Å². The fourth-order valence-corrected chi connectivity index (χ4v) is 3.17. The first kappa shape index (κ1) is 12.9. The van der Waals surface area contributed by atoms with Gasteiger partial charge in [0.15, 0.2) is 0 Å². The van der Waals surface area contributed by atoms with Crippen LogP contribution in [0.15, 0.2) is 4.99 Å². The number of nitrogens with two attached hydrogens (primary N) is 1. The zero-order valence-electron chi connectivity index (χ0n) is 11.0. The number of amidine groups is 1. The third-order valence-electron chi connectivity index (χ3n) is 4.17. The average Bonchev–Trinajstić information content (AvgIpc) is 2.55. The van der Waals surface area contributed by atoms with E-state index in [9.17, 15) is 4.79 Å². The SMILES string of the molecule is C#CC(C)N1C(=O)N=C(N)C12CCCCCCC2. The first-order valence-electron chi connectivity index (χ1n) is 6.76. The number of hydrogen-bond acceptors (Lipinski definition) is 2. The quantitative estimate of drug-likeness (QED) is 0.723. The van der Waals surface area contributed by atoms with Crippen molar-refractivity contribution in [2.24, 2.45) is 10.7 Å². The number of amides is 2. The maximum Gasteiger partial charge on any atom is 0.347 e. The van der Waals surface area contributed by atoms with E-state index in [1.165, 1.54) is 19.3 Å². The van der Waals surface area contributed by atoms with Crippen LogP contribution < -0.4 is 5.73 Å². The van der Waals surface area contributed by atoms with Crippen molar-refractivity contribution in [3.63, 3.8) is 0 Å². The molecule has 0 aromatic rings. The van der Waals surface area contributed by atoms with Crippen LogP contribution in [0.3, 0.4) is 0 Å². The van der Waals surface area contributed by atoms with Gasteiger partial charge in [-0.1, -0.05) is 38.0 Å². The van der Waals surface area contributed by atoms with Crippen LogP contribution in [0.25, 0.3) is 0 Å². The molecule has 1 atom stereocenters. The number of urea groups is 1. The second-order valence-electron chi connectivity index (χ2n) is 5.29. The van der Waals surface area contributed by atoms with Gasteiger partial charge in [-0.3, -0.25) is 4.90 Å². The molecule has 0 aromatic heterocycles. The molecule has 98 valence electrons. The topological polar surface area (TPSA) is 58.7 Å². The van der Waals surface area contributed by atoms with Gasteiger partial charge in [-0.25, -0.2) is 4.79 Å². The van der Waals surface area contributed by atoms with Gasteiger partial charge in [-0.05, 0) is 19.8 Å². The Labute approximate surface area is 109 Å². The first-order valence-corrected chi connectivity index (χ1v) is 6.76. The minimum Gasteiger partial charge on any atom is -0.385 e. The lowest BCUT2D eigenvalue weighted by Gasteiger charge is -2.41. The Morgan fingerprint density at radius 1 is 1.33 bits per heavy atom. The van der Waals surface area contributed by atoms with Crippen molar-refractivity contribution in [2.75, 3.05) is 0 Å². The molecule has 0 bridgehead atoms. The van der Waals surface area contributed by atoms with Gasteiger partial charge in [-0.2, -0.15) is 4.99 Å². The maximum absolute atomic E-state index is 12.0. The molecule has 1 aliphatic carbocycles. The number of aliphatic imine (C=N–C) groups is 1. The third-order valence-corrected chi connectivity index (χ3v) is 4.17. The Morgan fingerprint density at radius 3 is 2.44 bits per heavy atom. The minimum absolute atomic E-state index is 0.248. The highest BCUT2D eigenvalue weighted by molar-refractivity contribution is 6.06. The Balaban J connectivity index is 2.33. The molecule has 1 fully saturated rings. The number of rotatable bonds is 1. The number of hydrogen-bond donors (Lipinski definition) is 1. The van der Waals surface area contributed by atoms with Crippen LogP contribution in [0.5, 0.6) is 0 Å². The van der Waals surface area contributed by atoms with Crippen LogP contribution in [0, 0.1) is 12.3 Å². The molecule has 4 nitrogen and oxygen atoms in total. The van der Waals surface area contributed by atoms with E-state index in [1.807, 2.05) is 6.92 Å². The lowest BCUT2D eigenvalue weighted by molar-refractivity contribution is 0.138. The van der Waals surface area contributed by atoms with Gasteiger partial charge in [0.05, 0.1) is 6.04 Å². The fraction of sp³-hybridized carbons (Fsp3) is 0.714. The van der Waals surface area contributed by atoms with Gasteiger partial charge >= 0.3 is 6.03 Å². The van der Waals surface area contributed by atoms with Gasteiger partial charge in [-0.15, -0.1) is 6.42 Å². The predicted octanol–water partition coefficient (Wildman–Crippen LogP) is 2.28. The summed E-state index contributed by atoms with van der Waals surface area (Å²) in [5.41, 5.74) is 5.64. The van der Waals surface area contributed by atoms with Crippen LogP contribution in [0.1, 0.15) is 51.9 Å². The second kappa shape index (κ2) is 5.01. The molecule has 1 spiro atoms. The summed E-state index contributed by atoms with van der Waals surface area (Å²) < 4.78 is 0. The van der Waals surface area contributed by atoms with Crippen molar-refractivity contribution in [3.05, 3.63) is 0 Å². The molecule has 1 heterocycles. The number of terminal acetylenes is 1. The highest BCUT2D eigenvalue weighted by Gasteiger charge is 2.49. The molecule has 18 heavy (non-hydrogen) atoms. The van der Waals surface area contributed by atoms with Crippen molar-refractivity contribution in [1.29, 1.82) is 0 Å². The predicted molar refractivity (Wildman–Crippen MR) is 72.2 cm³/mol. The van der Waals surface area contributed by atoms with Crippen LogP contribution in [-0.4, -0.2) is 28.3 Å². The van der Waals surface area contributed by atoms with E-state index in [0.29, 0.717) is 5.84 Å². The van der Waals surface area contributed by atoms with Gasteiger partial charge in [0, 0.05) is 0 Å². The van der Waals surface area contributed by atoms with E-state index >= 15 is 0 Å². The summed E-state index contributed by atoms with van der Waals surface area (Å²) in [5, 5.41) is 0. The van der Waals surface area contributed by atoms with Crippen molar-refractivity contribution in [2.45, 2.75) is 63.5 Å². The Kier molecular flexibility index (Phi) is 3.60. The molecule has 2 N–H and O–H groups in total. The fourth-order valence-electron chi connectivity index (χ4n) is 3.17. The Bertz CT molecular complexity index is 400. The van der Waals surface area contributed by atoms with Crippen molar-refractivity contribution in [1.82, 2.24) is 4.90 Å². The zero-order valence-corrected chi connectivity index (χ0v) is 11.0. The summed E-state index contributed by atoms with van der Waals surface area (Å²) in [6.07, 6.45) is 13.1. The maximum atomic E-state index is 12.0. The highest BCUT2D eigenvalue weighted by Crippen LogP contribution is 2.37. The molecule has 1 unspecified atom stereocenters. The molecule has 1 aliphatic heterocycles. The van der Waals surface area contributed by atoms with E-state index in [-0.39, 0.29) is 12.1 Å². The number of nitrogens with zero attached hydrogens (tertiary/aromatic N) is 2. The van der Waals surface area contributed by atoms with E-state index in [4.69, 9.17) is 12.2 Å². The molecule has 0 saturated heterocycles. The van der Waals surface area contributed by atoms with Crippen LogP contribution >= 0.6 is 0 Å². The Morgan fingerprint density at radius 2 is 1.89 bits per heavy atom. The molecular weight excluding hydrogens is 226 g/mol. The third kappa shape index (κ3) is 1.98. The molecule has 2 aliphatic rings. The summed E-state index contributed by atoms with van der Waals surface area (Å²) in [6, 6.07) is -0.514. The largest absolute Gasteiger partial charge is 0.385 e. The van der Waals surface area contributed by atoms with Crippen molar-refractivity contribution >= 4 is 11.9 Å². The van der Waals surface area contributed by atoms with Crippen LogP contribution in [-0.2, 0) is 0 Å². The molecule has 4 heteroatoms. The molecule has 2 amide bonds. The summed E-state index contributed by atoms with van der Waals surface area (Å²) in [7, 11) is 0. The smallest absolute Gasteiger partial charge is 0.347 e. The zero-order chi connectivity index (χ0) is 13.2. The first-order chi connectivity index (χ1) is 8.62. The monoisotopic (exact) mass is 247 g/mol. The van der Waals surface area contributed by atoms with Crippen molar-refractivity contribution < 1.29 is 4.79 Å². The van der Waals surface area contributed by atoms with Crippen molar-refractivity contribution in [3.8, 4) is 12.3 Å². The van der Waals surface area contributed by atoms with E-state index in [0.717, 1.165) is 25.7 Å². The number of carbonyl (C=O) groups excluding carboxylic acids is 1. The molecule has 2 rings (SSSR count). The minimum atomic E-state index is -0.413. The second-order valence-corrected chi connectivity index (χ2v) is 5.29. The molecule has 1 saturated carbocycles. The van der Waals surface area contributed by atoms with Gasteiger partial charge in [0.25, 0.3) is 0 Å². The lowest BCUT2D eigenvalue weighted by Crippen LogP contribution is -2.57. The average molecular weight is 247 g/mol. The standard InChI is InChI=1S/C14H21N3O/c1-3-11(2)17-13(18)16-12(15)14(17)9-7-5-4-6-8-10-14/h1,11H,4-10H2,2H3,(H2,15,16,18). The van der Waals surface area contributed by atoms with E-state index < -0.39 is 5.54 Å². The van der Waals surface area contributed by atoms with Gasteiger partial charge in [0.1, 0.15) is 11.4 Å². The Hall–Kier alpha value is -1.50. The molecule has 0 aromatic carbocycles. The van der Waals surface area contributed by atoms with E-state index in [1.54, 1.807) is 4.90 Å². The normalized spacial score (nSPS) is 25.2. The van der Waals surface area contributed by atoms with Crippen LogP contribution in [0.4, 0.5) is 4.79 Å². The summed E-state index contributed by atoms with van der Waals surface area (Å²) in [4.78, 5) is 17.7. The summed E-state index contributed by atoms with van der Waals surface area (Å²) in [6.45, 7) is 1.87. The summed E-state index contributed by atoms with van der Waals surface area (Å²) in [5.74, 6) is 3.11. The van der Waals surface area contributed by atoms with Crippen LogP contribution in [0.2, 0.25) is 0 Å². The van der Waals surface area contributed by atoms with E-state index in [2.05, 4.69) is 10.9 Å². The van der Waals surface area contributed by atoms with Gasteiger partial charge in [0.2, 0.25) is 0 Å². The highest BCUT2D eigenvalue weighted by atomic mass is 16.2. The molecular formula is C14H21N3O. The lowest BCUT2D eigenvalue weighted by atomic mass is 9.81. The number of carbonyl (C=O) groups is 1. The molecule has 0 radical (unpaired) electrons.